The van der Waals surface area contributed by atoms with Crippen molar-refractivity contribution in [1.82, 2.24) is 8.61 Å². The van der Waals surface area contributed by atoms with Gasteiger partial charge in [0.1, 0.15) is 17.1 Å². The Labute approximate surface area is 382 Å². The van der Waals surface area contributed by atoms with Crippen LogP contribution in [0.15, 0.2) is 48.5 Å². The van der Waals surface area contributed by atoms with Crippen LogP contribution in [0.5, 0.6) is 11.5 Å². The SMILES string of the molecule is CC(C)(C)OC(=O)C1(S(=O)(=O)N2CCC(O)(c3ccc(OC(F)(F)C(F)F)cc3)CC2)CCOCC1.O=C(O)C1(S(=O)(=O)N2CCC(c3ccc(OC(F)(F)C(F)F)cc3)CC2)CCOCC1. The molecule has 0 saturated carbocycles. The number of carboxylic acid groups (broad SMARTS) is 1. The average Bonchev–Trinajstić information content (AvgIpc) is 3.26. The third-order valence-corrected chi connectivity index (χ3v) is 17.4. The molecule has 0 amide bonds. The van der Waals surface area contributed by atoms with E-state index in [1.54, 1.807) is 20.8 Å². The van der Waals surface area contributed by atoms with Crippen molar-refractivity contribution < 1.29 is 95.4 Å². The van der Waals surface area contributed by atoms with Gasteiger partial charge in [-0.25, -0.2) is 25.4 Å². The number of esters is 1. The van der Waals surface area contributed by atoms with Gasteiger partial charge in [-0.2, -0.15) is 35.1 Å². The molecule has 2 N–H and O–H groups in total. The fourth-order valence-corrected chi connectivity index (χ4v) is 12.5. The van der Waals surface area contributed by atoms with Crippen molar-refractivity contribution in [3.63, 3.8) is 0 Å². The van der Waals surface area contributed by atoms with Crippen molar-refractivity contribution in [2.45, 2.75) is 124 Å². The number of aliphatic hydroxyl groups is 1. The number of nitrogens with zero attached hydrogens (tertiary/aromatic N) is 2. The van der Waals surface area contributed by atoms with E-state index in [1.165, 1.54) is 28.6 Å². The fraction of sp³-hybridized carbons (Fsp3) is 0.667. The van der Waals surface area contributed by atoms with Crippen LogP contribution in [-0.2, 0) is 49.4 Å². The Hall–Kier alpha value is -3.88. The molecule has 0 atom stereocenters. The number of carbonyl (C=O) groups is 2. The van der Waals surface area contributed by atoms with Crippen molar-refractivity contribution in [2.75, 3.05) is 52.6 Å². The molecule has 2 aromatic rings. The maximum absolute atomic E-state index is 13.7. The van der Waals surface area contributed by atoms with Gasteiger partial charge in [0.2, 0.25) is 20.0 Å². The van der Waals surface area contributed by atoms with Crippen LogP contribution in [0, 0.1) is 0 Å². The topological polar surface area (TPSA) is 196 Å². The molecule has 0 aliphatic carbocycles. The normalized spacial score (nSPS) is 21.2. The van der Waals surface area contributed by atoms with Crippen molar-refractivity contribution in [3.05, 3.63) is 59.7 Å². The molecule has 0 aromatic heterocycles. The monoisotopic (exact) mass is 1010 g/mol. The Morgan fingerprint density at radius 3 is 1.45 bits per heavy atom. The quantitative estimate of drug-likeness (QED) is 0.154. The maximum Gasteiger partial charge on any atom is 0.461 e. The molecule has 4 aliphatic heterocycles. The highest BCUT2D eigenvalue weighted by Gasteiger charge is 2.58. The number of hydrogen-bond donors (Lipinski definition) is 2. The zero-order chi connectivity index (χ0) is 49.9. The Balaban J connectivity index is 0.000000254. The summed E-state index contributed by atoms with van der Waals surface area (Å²) in [6.07, 6.45) is -16.8. The number of ether oxygens (including phenoxy) is 5. The van der Waals surface area contributed by atoms with Crippen molar-refractivity contribution in [2.24, 2.45) is 0 Å². The van der Waals surface area contributed by atoms with E-state index < -0.39 is 89.2 Å². The molecule has 0 spiro atoms. The molecule has 4 heterocycles. The molecular formula is C42H54F8N2O13S2. The van der Waals surface area contributed by atoms with E-state index >= 15 is 0 Å². The second-order valence-corrected chi connectivity index (χ2v) is 22.2. The van der Waals surface area contributed by atoms with E-state index in [0.29, 0.717) is 18.4 Å². The van der Waals surface area contributed by atoms with E-state index in [2.05, 4.69) is 9.47 Å². The summed E-state index contributed by atoms with van der Waals surface area (Å²) < 4.78 is 178. The third kappa shape index (κ3) is 11.9. The Bertz CT molecular complexity index is 2220. The van der Waals surface area contributed by atoms with E-state index in [4.69, 9.17) is 14.2 Å². The number of alkyl halides is 8. The van der Waals surface area contributed by atoms with Gasteiger partial charge < -0.3 is 33.9 Å². The largest absolute Gasteiger partial charge is 0.480 e. The zero-order valence-electron chi connectivity index (χ0n) is 36.8. The molecule has 0 radical (unpaired) electrons. The van der Waals surface area contributed by atoms with Crippen LogP contribution < -0.4 is 9.47 Å². The number of hydrogen-bond acceptors (Lipinski definition) is 12. The summed E-state index contributed by atoms with van der Waals surface area (Å²) in [5.41, 5.74) is -1.37. The summed E-state index contributed by atoms with van der Waals surface area (Å²) in [7, 11) is -8.30. The predicted octanol–water partition coefficient (Wildman–Crippen LogP) is 6.49. The average molecular weight is 1010 g/mol. The van der Waals surface area contributed by atoms with Gasteiger partial charge in [0.15, 0.2) is 9.49 Å². The van der Waals surface area contributed by atoms with E-state index in [9.17, 15) is 71.8 Å². The zero-order valence-corrected chi connectivity index (χ0v) is 38.4. The molecule has 4 saturated heterocycles. The van der Waals surface area contributed by atoms with Crippen molar-refractivity contribution in [1.29, 1.82) is 0 Å². The molecular weight excluding hydrogens is 957 g/mol. The molecule has 15 nitrogen and oxygen atoms in total. The third-order valence-electron chi connectivity index (χ3n) is 12.2. The Kier molecular flexibility index (Phi) is 16.6. The molecule has 2 aromatic carbocycles. The van der Waals surface area contributed by atoms with Gasteiger partial charge >= 0.3 is 37.0 Å². The van der Waals surface area contributed by atoms with Crippen LogP contribution in [0.2, 0.25) is 0 Å². The number of carbonyl (C=O) groups excluding carboxylic acids is 1. The lowest BCUT2D eigenvalue weighted by molar-refractivity contribution is -0.253. The van der Waals surface area contributed by atoms with Gasteiger partial charge in [0, 0.05) is 78.3 Å². The van der Waals surface area contributed by atoms with Gasteiger partial charge in [-0.15, -0.1) is 0 Å². The predicted molar refractivity (Wildman–Crippen MR) is 221 cm³/mol. The van der Waals surface area contributed by atoms with E-state index in [0.717, 1.165) is 34.1 Å². The standard InChI is InChI=1S/C23H31F4NO7S.C19H23F4NO6S/c1-20(2,3)35-19(29)22(10-14-33-15-11-22)36(31,32)28-12-8-21(30,9-13-28)16-4-6-17(7-5-16)34-23(26,27)18(24)25;20-16(21)19(22,23)30-15-3-1-13(2-4-15)14-5-9-24(10-6-14)31(27,28)18(17(25)26)7-11-29-12-8-18/h4-7,18,30H,8-15H2,1-3H3;1-4,14,16H,5-12H2,(H,25,26). The highest BCUT2D eigenvalue weighted by atomic mass is 32.2. The first-order chi connectivity index (χ1) is 31.0. The molecule has 378 valence electrons. The Morgan fingerprint density at radius 1 is 0.657 bits per heavy atom. The minimum Gasteiger partial charge on any atom is -0.480 e. The number of halogens is 8. The number of rotatable bonds is 14. The lowest BCUT2D eigenvalue weighted by Gasteiger charge is -2.43. The van der Waals surface area contributed by atoms with Crippen LogP contribution in [0.25, 0.3) is 0 Å². The summed E-state index contributed by atoms with van der Waals surface area (Å²) in [5.74, 6) is -3.22. The smallest absolute Gasteiger partial charge is 0.461 e. The highest BCUT2D eigenvalue weighted by molar-refractivity contribution is 7.91. The van der Waals surface area contributed by atoms with Crippen LogP contribution in [0.1, 0.15) is 89.2 Å². The second-order valence-electron chi connectivity index (χ2n) is 17.7. The first-order valence-electron chi connectivity index (χ1n) is 21.3. The molecule has 25 heteroatoms. The van der Waals surface area contributed by atoms with E-state index in [1.807, 2.05) is 0 Å². The van der Waals surface area contributed by atoms with Crippen molar-refractivity contribution >= 4 is 32.0 Å². The summed E-state index contributed by atoms with van der Waals surface area (Å²) in [5, 5.41) is 20.8. The molecule has 4 fully saturated rings. The molecule has 6 rings (SSSR count). The minimum atomic E-state index is -4.66. The van der Waals surface area contributed by atoms with Crippen LogP contribution >= 0.6 is 0 Å². The lowest BCUT2D eigenvalue weighted by atomic mass is 9.85. The van der Waals surface area contributed by atoms with Gasteiger partial charge in [-0.3, -0.25) is 9.59 Å². The van der Waals surface area contributed by atoms with Crippen LogP contribution in [0.4, 0.5) is 35.1 Å². The minimum absolute atomic E-state index is 0.0411. The highest BCUT2D eigenvalue weighted by Crippen LogP contribution is 2.42. The number of benzene rings is 2. The number of aliphatic carboxylic acids is 1. The number of piperidine rings is 2. The second kappa shape index (κ2) is 20.6. The number of sulfonamides is 2. The summed E-state index contributed by atoms with van der Waals surface area (Å²) in [6.45, 7) is 5.24. The van der Waals surface area contributed by atoms with Crippen LogP contribution in [0.3, 0.4) is 0 Å². The van der Waals surface area contributed by atoms with Gasteiger partial charge in [0.25, 0.3) is 0 Å². The summed E-state index contributed by atoms with van der Waals surface area (Å²) >= 11 is 0. The fourth-order valence-electron chi connectivity index (χ4n) is 8.28. The molecule has 0 bridgehead atoms. The number of carboxylic acids is 1. The summed E-state index contributed by atoms with van der Waals surface area (Å²) in [4.78, 5) is 25.0. The van der Waals surface area contributed by atoms with Gasteiger partial charge in [-0.1, -0.05) is 24.3 Å². The lowest BCUT2D eigenvalue weighted by Crippen LogP contribution is -2.59. The van der Waals surface area contributed by atoms with Crippen molar-refractivity contribution in [3.8, 4) is 11.5 Å². The van der Waals surface area contributed by atoms with Gasteiger partial charge in [0.05, 0.1) is 5.60 Å². The first kappa shape index (κ1) is 54.1. The molecule has 4 aliphatic rings. The summed E-state index contributed by atoms with van der Waals surface area (Å²) in [6, 6.07) is 9.88. The van der Waals surface area contributed by atoms with E-state index in [-0.39, 0.29) is 97.0 Å². The van der Waals surface area contributed by atoms with Crippen LogP contribution in [-0.4, -0.2) is 140 Å². The molecule has 0 unspecified atom stereocenters. The van der Waals surface area contributed by atoms with Gasteiger partial charge in [-0.05, 0) is 87.8 Å². The molecule has 67 heavy (non-hydrogen) atoms. The first-order valence-corrected chi connectivity index (χ1v) is 24.1. The Morgan fingerprint density at radius 2 is 1.04 bits per heavy atom. The maximum atomic E-state index is 13.7.